The van der Waals surface area contributed by atoms with Gasteiger partial charge in [0.1, 0.15) is 16.5 Å². The van der Waals surface area contributed by atoms with E-state index in [1.165, 1.54) is 6.07 Å². The number of amidine groups is 1. The summed E-state index contributed by atoms with van der Waals surface area (Å²) >= 11 is 0.936. The summed E-state index contributed by atoms with van der Waals surface area (Å²) in [4.78, 5) is 14.0. The van der Waals surface area contributed by atoms with E-state index in [2.05, 4.69) is 9.71 Å². The standard InChI is InChI=1S/C18H17F2N3O3S2/c1-2-9-23-15-5-3-4-6-16(15)28(25,26)22-18(23)27-11-17(24)21-14-8-7-12(19)10-13(14)20/h3-8,10H,2,9,11H2,1H3,(H,21,24). The fraction of sp³-hybridized carbons (Fsp3) is 0.222. The first kappa shape index (κ1) is 20.3. The summed E-state index contributed by atoms with van der Waals surface area (Å²) in [7, 11) is -3.87. The molecule has 0 unspecified atom stereocenters. The summed E-state index contributed by atoms with van der Waals surface area (Å²) in [6.07, 6.45) is 0.737. The highest BCUT2D eigenvalue weighted by molar-refractivity contribution is 8.15. The zero-order valence-electron chi connectivity index (χ0n) is 14.9. The normalized spacial score (nSPS) is 15.0. The second kappa shape index (κ2) is 8.27. The SMILES string of the molecule is CCCN1C(SCC(=O)Nc2ccc(F)cc2F)=NS(=O)(=O)c2ccccc21. The lowest BCUT2D eigenvalue weighted by atomic mass is 10.3. The van der Waals surface area contributed by atoms with Gasteiger partial charge in [-0.2, -0.15) is 8.42 Å². The number of para-hydroxylation sites is 1. The lowest BCUT2D eigenvalue weighted by Gasteiger charge is -2.29. The molecule has 0 fully saturated rings. The molecule has 0 aliphatic carbocycles. The third-order valence-electron chi connectivity index (χ3n) is 3.85. The van der Waals surface area contributed by atoms with Gasteiger partial charge in [-0.25, -0.2) is 8.78 Å². The van der Waals surface area contributed by atoms with Crippen molar-refractivity contribution < 1.29 is 22.0 Å². The first-order chi connectivity index (χ1) is 13.3. The number of halogens is 2. The van der Waals surface area contributed by atoms with Crippen LogP contribution < -0.4 is 10.2 Å². The Labute approximate surface area is 165 Å². The van der Waals surface area contributed by atoms with Gasteiger partial charge in [-0.1, -0.05) is 30.8 Å². The van der Waals surface area contributed by atoms with Crippen LogP contribution in [0.25, 0.3) is 0 Å². The molecule has 148 valence electrons. The van der Waals surface area contributed by atoms with Crippen molar-refractivity contribution in [3.63, 3.8) is 0 Å². The average molecular weight is 425 g/mol. The van der Waals surface area contributed by atoms with Crippen molar-refractivity contribution in [1.29, 1.82) is 0 Å². The number of hydrogen-bond donors (Lipinski definition) is 1. The number of fused-ring (bicyclic) bond motifs is 1. The average Bonchev–Trinajstić information content (AvgIpc) is 2.65. The number of sulfonamides is 1. The van der Waals surface area contributed by atoms with E-state index in [9.17, 15) is 22.0 Å². The minimum absolute atomic E-state index is 0.116. The Morgan fingerprint density at radius 1 is 1.21 bits per heavy atom. The van der Waals surface area contributed by atoms with Crippen molar-refractivity contribution in [3.8, 4) is 0 Å². The molecule has 1 heterocycles. The molecule has 1 amide bonds. The van der Waals surface area contributed by atoms with Crippen LogP contribution >= 0.6 is 11.8 Å². The van der Waals surface area contributed by atoms with Gasteiger partial charge in [0.2, 0.25) is 5.91 Å². The molecule has 28 heavy (non-hydrogen) atoms. The van der Waals surface area contributed by atoms with Crippen molar-refractivity contribution in [2.75, 3.05) is 22.5 Å². The number of amides is 1. The fourth-order valence-corrected chi connectivity index (χ4v) is 4.93. The number of nitrogens with zero attached hydrogens (tertiary/aromatic N) is 2. The zero-order chi connectivity index (χ0) is 20.3. The molecule has 0 radical (unpaired) electrons. The molecule has 6 nitrogen and oxygen atoms in total. The molecule has 0 aromatic heterocycles. The maximum absolute atomic E-state index is 13.7. The summed E-state index contributed by atoms with van der Waals surface area (Å²) in [5.41, 5.74) is 0.354. The topological polar surface area (TPSA) is 78.8 Å². The van der Waals surface area contributed by atoms with Crippen molar-refractivity contribution in [1.82, 2.24) is 0 Å². The van der Waals surface area contributed by atoms with E-state index in [0.29, 0.717) is 18.3 Å². The van der Waals surface area contributed by atoms with Gasteiger partial charge in [0.05, 0.1) is 17.1 Å². The van der Waals surface area contributed by atoms with E-state index < -0.39 is 27.6 Å². The largest absolute Gasteiger partial charge is 0.323 e. The van der Waals surface area contributed by atoms with E-state index in [1.807, 2.05) is 6.92 Å². The monoisotopic (exact) mass is 425 g/mol. The second-order valence-corrected chi connectivity index (χ2v) is 8.44. The van der Waals surface area contributed by atoms with Gasteiger partial charge >= 0.3 is 0 Å². The van der Waals surface area contributed by atoms with Crippen LogP contribution in [0, 0.1) is 11.6 Å². The summed E-state index contributed by atoms with van der Waals surface area (Å²) < 4.78 is 55.3. The van der Waals surface area contributed by atoms with Crippen LogP contribution in [0.15, 0.2) is 51.8 Å². The summed E-state index contributed by atoms with van der Waals surface area (Å²) in [6, 6.07) is 9.35. The highest BCUT2D eigenvalue weighted by atomic mass is 32.2. The summed E-state index contributed by atoms with van der Waals surface area (Å²) in [5.74, 6) is -2.39. The first-order valence-electron chi connectivity index (χ1n) is 8.41. The molecule has 1 N–H and O–H groups in total. The number of hydrogen-bond acceptors (Lipinski definition) is 5. The molecule has 10 heteroatoms. The molecule has 2 aromatic carbocycles. The summed E-state index contributed by atoms with van der Waals surface area (Å²) in [6.45, 7) is 2.46. The van der Waals surface area contributed by atoms with Gasteiger partial charge in [-0.05, 0) is 30.7 Å². The van der Waals surface area contributed by atoms with Crippen molar-refractivity contribution >= 4 is 44.2 Å². The Kier molecular flexibility index (Phi) is 5.99. The number of carbonyl (C=O) groups is 1. The minimum atomic E-state index is -3.87. The molecule has 0 saturated heterocycles. The Morgan fingerprint density at radius 2 is 1.96 bits per heavy atom. The Bertz CT molecular complexity index is 1040. The third-order valence-corrected chi connectivity index (χ3v) is 6.25. The van der Waals surface area contributed by atoms with Crippen molar-refractivity contribution in [2.24, 2.45) is 4.40 Å². The lowest BCUT2D eigenvalue weighted by Crippen LogP contribution is -2.35. The van der Waals surface area contributed by atoms with Crippen LogP contribution in [0.2, 0.25) is 0 Å². The van der Waals surface area contributed by atoms with E-state index in [0.717, 1.165) is 30.3 Å². The van der Waals surface area contributed by atoms with Gasteiger partial charge in [-0.3, -0.25) is 4.79 Å². The maximum Gasteiger partial charge on any atom is 0.286 e. The molecule has 0 saturated carbocycles. The van der Waals surface area contributed by atoms with Gasteiger partial charge in [-0.15, -0.1) is 4.40 Å². The highest BCUT2D eigenvalue weighted by Crippen LogP contribution is 2.34. The number of thioether (sulfide) groups is 1. The lowest BCUT2D eigenvalue weighted by molar-refractivity contribution is -0.113. The molecular weight excluding hydrogens is 408 g/mol. The van der Waals surface area contributed by atoms with Gasteiger partial charge < -0.3 is 10.2 Å². The molecule has 2 aromatic rings. The quantitative estimate of drug-likeness (QED) is 0.792. The van der Waals surface area contributed by atoms with E-state index in [-0.39, 0.29) is 21.5 Å². The second-order valence-electron chi connectivity index (χ2n) is 5.93. The van der Waals surface area contributed by atoms with Gasteiger partial charge in [0.15, 0.2) is 5.17 Å². The van der Waals surface area contributed by atoms with Crippen LogP contribution in [-0.4, -0.2) is 31.8 Å². The molecule has 0 bridgehead atoms. The van der Waals surface area contributed by atoms with Gasteiger partial charge in [0, 0.05) is 12.6 Å². The predicted octanol–water partition coefficient (Wildman–Crippen LogP) is 3.61. The number of anilines is 2. The van der Waals surface area contributed by atoms with Crippen molar-refractivity contribution in [3.05, 3.63) is 54.1 Å². The third kappa shape index (κ3) is 4.33. The molecule has 0 atom stereocenters. The first-order valence-corrected chi connectivity index (χ1v) is 10.8. The smallest absolute Gasteiger partial charge is 0.286 e. The van der Waals surface area contributed by atoms with Crippen LogP contribution in [0.3, 0.4) is 0 Å². The predicted molar refractivity (Wildman–Crippen MR) is 106 cm³/mol. The number of rotatable bonds is 5. The molecule has 1 aliphatic rings. The van der Waals surface area contributed by atoms with Gasteiger partial charge in [0.25, 0.3) is 10.0 Å². The Hall–Kier alpha value is -2.46. The minimum Gasteiger partial charge on any atom is -0.323 e. The zero-order valence-corrected chi connectivity index (χ0v) is 16.5. The maximum atomic E-state index is 13.7. The molecule has 3 rings (SSSR count). The van der Waals surface area contributed by atoms with E-state index in [4.69, 9.17) is 0 Å². The number of benzene rings is 2. The summed E-state index contributed by atoms with van der Waals surface area (Å²) in [5, 5.41) is 2.52. The van der Waals surface area contributed by atoms with Crippen LogP contribution in [0.5, 0.6) is 0 Å². The van der Waals surface area contributed by atoms with E-state index in [1.54, 1.807) is 23.1 Å². The highest BCUT2D eigenvalue weighted by Gasteiger charge is 2.30. The van der Waals surface area contributed by atoms with E-state index >= 15 is 0 Å². The van der Waals surface area contributed by atoms with Crippen LogP contribution in [0.4, 0.5) is 20.2 Å². The molecule has 0 spiro atoms. The van der Waals surface area contributed by atoms with Crippen molar-refractivity contribution in [2.45, 2.75) is 18.2 Å². The molecule has 1 aliphatic heterocycles. The number of carbonyl (C=O) groups excluding carboxylic acids is 1. The van der Waals surface area contributed by atoms with Crippen LogP contribution in [-0.2, 0) is 14.8 Å². The Morgan fingerprint density at radius 3 is 2.68 bits per heavy atom. The number of nitrogens with one attached hydrogen (secondary N) is 1. The van der Waals surface area contributed by atoms with Crippen LogP contribution in [0.1, 0.15) is 13.3 Å². The fourth-order valence-electron chi connectivity index (χ4n) is 2.65. The Balaban J connectivity index is 1.77. The molecular formula is C18H17F2N3O3S2.